The Morgan fingerprint density at radius 3 is 2.63 bits per heavy atom. The number of rotatable bonds is 5. The zero-order valence-electron chi connectivity index (χ0n) is 16.6. The first kappa shape index (κ1) is 18.8. The van der Waals surface area contributed by atoms with Crippen molar-refractivity contribution >= 4 is 33.8 Å². The van der Waals surface area contributed by atoms with E-state index in [9.17, 15) is 4.79 Å². The number of fused-ring (bicyclic) bond motifs is 1. The Morgan fingerprint density at radius 2 is 1.87 bits per heavy atom. The van der Waals surface area contributed by atoms with Crippen LogP contribution in [0.15, 0.2) is 78.3 Å². The highest BCUT2D eigenvalue weighted by Crippen LogP contribution is 2.54. The van der Waals surface area contributed by atoms with Crippen molar-refractivity contribution in [3.8, 4) is 5.75 Å². The van der Waals surface area contributed by atoms with Crippen molar-refractivity contribution in [2.45, 2.75) is 18.3 Å². The number of benzene rings is 2. The van der Waals surface area contributed by atoms with Crippen LogP contribution in [0, 0.1) is 5.92 Å². The fourth-order valence-corrected chi connectivity index (χ4v) is 5.32. The third-order valence-electron chi connectivity index (χ3n) is 6.02. The third kappa shape index (κ3) is 3.35. The van der Waals surface area contributed by atoms with Crippen LogP contribution < -0.4 is 10.1 Å². The van der Waals surface area contributed by atoms with E-state index in [2.05, 4.69) is 39.9 Å². The predicted molar refractivity (Wildman–Crippen MR) is 121 cm³/mol. The van der Waals surface area contributed by atoms with Gasteiger partial charge in [-0.1, -0.05) is 36.4 Å². The molecule has 3 atom stereocenters. The van der Waals surface area contributed by atoms with E-state index in [4.69, 9.17) is 4.74 Å². The van der Waals surface area contributed by atoms with Crippen LogP contribution in [0.5, 0.6) is 5.75 Å². The Morgan fingerprint density at radius 1 is 1.03 bits per heavy atom. The van der Waals surface area contributed by atoms with E-state index in [0.29, 0.717) is 0 Å². The maximum absolute atomic E-state index is 13.5. The van der Waals surface area contributed by atoms with E-state index in [0.717, 1.165) is 28.8 Å². The summed E-state index contributed by atoms with van der Waals surface area (Å²) in [6.45, 7) is 0. The molecule has 1 aliphatic rings. The Labute approximate surface area is 179 Å². The van der Waals surface area contributed by atoms with Gasteiger partial charge in [-0.2, -0.15) is 0 Å². The number of anilines is 1. The van der Waals surface area contributed by atoms with Crippen molar-refractivity contribution in [2.24, 2.45) is 5.92 Å². The van der Waals surface area contributed by atoms with Gasteiger partial charge in [0.25, 0.3) is 0 Å². The molecule has 0 radical (unpaired) electrons. The molecule has 2 heterocycles. The highest BCUT2D eigenvalue weighted by molar-refractivity contribution is 7.10. The number of ether oxygens (including phenoxy) is 1. The van der Waals surface area contributed by atoms with Gasteiger partial charge < -0.3 is 10.1 Å². The molecular formula is C25H22N2O2S. The van der Waals surface area contributed by atoms with Gasteiger partial charge in [-0.3, -0.25) is 9.78 Å². The number of amides is 1. The van der Waals surface area contributed by atoms with E-state index in [-0.39, 0.29) is 23.7 Å². The number of nitrogens with zero attached hydrogens (tertiary/aromatic N) is 1. The van der Waals surface area contributed by atoms with Gasteiger partial charge in [-0.25, -0.2) is 0 Å². The van der Waals surface area contributed by atoms with Gasteiger partial charge in [0, 0.05) is 22.4 Å². The van der Waals surface area contributed by atoms with E-state index in [1.807, 2.05) is 42.5 Å². The second-order valence-corrected chi connectivity index (χ2v) is 8.61. The molecule has 0 spiro atoms. The first-order chi connectivity index (χ1) is 14.7. The molecule has 2 aromatic heterocycles. The van der Waals surface area contributed by atoms with Gasteiger partial charge in [0.05, 0.1) is 24.2 Å². The van der Waals surface area contributed by atoms with Crippen LogP contribution in [0.4, 0.5) is 5.69 Å². The topological polar surface area (TPSA) is 51.2 Å². The molecule has 150 valence electrons. The molecule has 0 saturated heterocycles. The summed E-state index contributed by atoms with van der Waals surface area (Å²) >= 11 is 1.73. The molecule has 1 N–H and O–H groups in total. The van der Waals surface area contributed by atoms with E-state index < -0.39 is 0 Å². The molecule has 0 aliphatic heterocycles. The normalized spacial score (nSPS) is 20.5. The number of carbonyl (C=O) groups is 1. The molecular weight excluding hydrogens is 392 g/mol. The van der Waals surface area contributed by atoms with E-state index >= 15 is 0 Å². The summed E-state index contributed by atoms with van der Waals surface area (Å²) in [7, 11) is 1.67. The summed E-state index contributed by atoms with van der Waals surface area (Å²) in [5, 5.41) is 6.28. The summed E-state index contributed by atoms with van der Waals surface area (Å²) in [6, 6.07) is 22.1. The quantitative estimate of drug-likeness (QED) is 0.447. The minimum absolute atomic E-state index is 0.0543. The van der Waals surface area contributed by atoms with Crippen molar-refractivity contribution in [3.63, 3.8) is 0 Å². The van der Waals surface area contributed by atoms with Crippen LogP contribution >= 0.6 is 11.3 Å². The van der Waals surface area contributed by atoms with Gasteiger partial charge in [0.15, 0.2) is 0 Å². The van der Waals surface area contributed by atoms with Crippen LogP contribution in [0.2, 0.25) is 0 Å². The van der Waals surface area contributed by atoms with Crippen molar-refractivity contribution in [3.05, 3.63) is 88.7 Å². The zero-order valence-corrected chi connectivity index (χ0v) is 17.4. The number of para-hydroxylation sites is 1. The summed E-state index contributed by atoms with van der Waals surface area (Å²) in [4.78, 5) is 19.2. The van der Waals surface area contributed by atoms with Gasteiger partial charge >= 0.3 is 0 Å². The molecule has 5 heteroatoms. The molecule has 0 unspecified atom stereocenters. The number of methoxy groups -OCH3 is 1. The van der Waals surface area contributed by atoms with Crippen LogP contribution in [0.1, 0.15) is 28.7 Å². The highest BCUT2D eigenvalue weighted by Gasteiger charge is 2.47. The van der Waals surface area contributed by atoms with Crippen molar-refractivity contribution in [1.82, 2.24) is 4.98 Å². The molecule has 2 aromatic carbocycles. The maximum atomic E-state index is 13.5. The van der Waals surface area contributed by atoms with Crippen molar-refractivity contribution < 1.29 is 9.53 Å². The monoisotopic (exact) mass is 414 g/mol. The molecule has 4 aromatic rings. The number of hydrogen-bond acceptors (Lipinski definition) is 4. The molecule has 0 bridgehead atoms. The third-order valence-corrected chi connectivity index (χ3v) is 7.02. The lowest BCUT2D eigenvalue weighted by Gasteiger charge is -2.43. The zero-order chi connectivity index (χ0) is 20.5. The average Bonchev–Trinajstić information content (AvgIpc) is 3.28. The fraction of sp³-hybridized carbons (Fsp3) is 0.200. The second-order valence-electron chi connectivity index (χ2n) is 7.63. The van der Waals surface area contributed by atoms with Gasteiger partial charge in [-0.15, -0.1) is 11.3 Å². The summed E-state index contributed by atoms with van der Waals surface area (Å²) < 4.78 is 5.29. The van der Waals surface area contributed by atoms with Gasteiger partial charge in [-0.05, 0) is 53.6 Å². The number of nitrogens with one attached hydrogen (secondary N) is 1. The highest BCUT2D eigenvalue weighted by atomic mass is 32.1. The SMILES string of the molecule is COc1ccc([C@H]2C[C@@H](c3cccs3)[C@H]2C(=O)Nc2cccc3cccnc23)cc1. The number of carbonyl (C=O) groups excluding carboxylic acids is 1. The van der Waals surface area contributed by atoms with Crippen LogP contribution in [0.3, 0.4) is 0 Å². The lowest BCUT2D eigenvalue weighted by Crippen LogP contribution is -2.41. The molecule has 4 nitrogen and oxygen atoms in total. The Bertz CT molecular complexity index is 1170. The van der Waals surface area contributed by atoms with Crippen LogP contribution in [0.25, 0.3) is 10.9 Å². The molecule has 1 amide bonds. The van der Waals surface area contributed by atoms with Crippen molar-refractivity contribution in [1.29, 1.82) is 0 Å². The minimum atomic E-state index is -0.115. The van der Waals surface area contributed by atoms with Crippen LogP contribution in [-0.2, 0) is 4.79 Å². The standard InChI is InChI=1S/C25H22N2O2S/c1-29-18-11-9-16(10-12-18)19-15-20(22-8-4-14-30-22)23(19)25(28)27-21-7-2-5-17-6-3-13-26-24(17)21/h2-14,19-20,23H,15H2,1H3,(H,27,28)/t19-,20+,23+/m1/s1. The lowest BCUT2D eigenvalue weighted by atomic mass is 9.61. The maximum Gasteiger partial charge on any atom is 0.228 e. The molecule has 30 heavy (non-hydrogen) atoms. The fourth-order valence-electron chi connectivity index (χ4n) is 4.43. The smallest absolute Gasteiger partial charge is 0.228 e. The second kappa shape index (κ2) is 7.92. The number of hydrogen-bond donors (Lipinski definition) is 1. The minimum Gasteiger partial charge on any atom is -0.497 e. The first-order valence-corrected chi connectivity index (χ1v) is 10.9. The number of pyridine rings is 1. The number of thiophene rings is 1. The molecule has 1 saturated carbocycles. The summed E-state index contributed by atoms with van der Waals surface area (Å²) in [6.07, 6.45) is 2.73. The Balaban J connectivity index is 1.45. The number of aromatic nitrogens is 1. The van der Waals surface area contributed by atoms with Gasteiger partial charge in [0.2, 0.25) is 5.91 Å². The van der Waals surface area contributed by atoms with Gasteiger partial charge in [0.1, 0.15) is 5.75 Å². The molecule has 1 aliphatic carbocycles. The molecule has 1 fully saturated rings. The largest absolute Gasteiger partial charge is 0.497 e. The summed E-state index contributed by atoms with van der Waals surface area (Å²) in [5.41, 5.74) is 2.77. The lowest BCUT2D eigenvalue weighted by molar-refractivity contribution is -0.124. The average molecular weight is 415 g/mol. The predicted octanol–water partition coefficient (Wildman–Crippen LogP) is 5.83. The first-order valence-electron chi connectivity index (χ1n) is 10.1. The Kier molecular flexibility index (Phi) is 4.97. The van der Waals surface area contributed by atoms with E-state index in [1.54, 1.807) is 24.6 Å². The van der Waals surface area contributed by atoms with Crippen molar-refractivity contribution in [2.75, 3.05) is 12.4 Å². The molecule has 5 rings (SSSR count). The summed E-state index contributed by atoms with van der Waals surface area (Å²) in [5.74, 6) is 1.19. The Hall–Kier alpha value is -3.18. The van der Waals surface area contributed by atoms with E-state index in [1.165, 1.54) is 10.4 Å². The van der Waals surface area contributed by atoms with Crippen LogP contribution in [-0.4, -0.2) is 18.0 Å².